The molecule has 0 aliphatic rings. The van der Waals surface area contributed by atoms with Crippen LogP contribution in [0, 0.1) is 11.3 Å². The van der Waals surface area contributed by atoms with E-state index in [0.717, 1.165) is 5.69 Å². The van der Waals surface area contributed by atoms with Gasteiger partial charge in [-0.2, -0.15) is 10.4 Å². The molecule has 0 spiro atoms. The molecule has 0 heterocycles. The van der Waals surface area contributed by atoms with Crippen molar-refractivity contribution in [3.63, 3.8) is 0 Å². The summed E-state index contributed by atoms with van der Waals surface area (Å²) >= 11 is 0. The first-order valence-electron chi connectivity index (χ1n) is 9.71. The Balaban J connectivity index is 1.63. The van der Waals surface area contributed by atoms with E-state index in [2.05, 4.69) is 15.5 Å². The van der Waals surface area contributed by atoms with Gasteiger partial charge in [0, 0.05) is 25.5 Å². The van der Waals surface area contributed by atoms with Crippen LogP contribution in [-0.2, 0) is 9.53 Å². The van der Waals surface area contributed by atoms with E-state index >= 15 is 0 Å². The average molecular weight is 427 g/mol. The minimum absolute atomic E-state index is 0.195. The summed E-state index contributed by atoms with van der Waals surface area (Å²) in [5.41, 5.74) is 3.05. The Hall–Kier alpha value is -4.51. The first-order chi connectivity index (χ1) is 15.5. The Kier molecular flexibility index (Phi) is 7.28. The van der Waals surface area contributed by atoms with Crippen LogP contribution in [0.1, 0.15) is 15.9 Å². The van der Waals surface area contributed by atoms with Crippen molar-refractivity contribution in [3.05, 3.63) is 83.9 Å². The third-order valence-corrected chi connectivity index (χ3v) is 4.37. The molecule has 1 amide bonds. The zero-order valence-electron chi connectivity index (χ0n) is 17.6. The van der Waals surface area contributed by atoms with E-state index < -0.39 is 18.5 Å². The number of azo groups is 1. The molecule has 1 N–H and O–H groups in total. The number of benzene rings is 3. The number of esters is 1. The van der Waals surface area contributed by atoms with Crippen LogP contribution in [0.4, 0.5) is 22.7 Å². The second-order valence-electron chi connectivity index (χ2n) is 6.94. The fourth-order valence-corrected chi connectivity index (χ4v) is 2.73. The number of nitrogens with one attached hydrogen (secondary N) is 1. The zero-order chi connectivity index (χ0) is 22.9. The quantitative estimate of drug-likeness (QED) is 0.429. The number of anilines is 2. The van der Waals surface area contributed by atoms with Gasteiger partial charge in [-0.3, -0.25) is 4.79 Å². The maximum absolute atomic E-state index is 12.5. The maximum Gasteiger partial charge on any atom is 0.340 e. The van der Waals surface area contributed by atoms with E-state index in [1.807, 2.05) is 49.3 Å². The molecule has 0 aromatic heterocycles. The highest BCUT2D eigenvalue weighted by molar-refractivity contribution is 5.98. The molecule has 8 nitrogen and oxygen atoms in total. The van der Waals surface area contributed by atoms with Gasteiger partial charge in [-0.15, -0.1) is 5.11 Å². The summed E-state index contributed by atoms with van der Waals surface area (Å²) in [6.07, 6.45) is 0. The van der Waals surface area contributed by atoms with E-state index in [1.54, 1.807) is 42.5 Å². The number of nitrogens with zero attached hydrogens (tertiary/aromatic N) is 4. The van der Waals surface area contributed by atoms with Crippen LogP contribution >= 0.6 is 0 Å². The molecule has 0 radical (unpaired) electrons. The summed E-state index contributed by atoms with van der Waals surface area (Å²) in [5.74, 6) is -1.21. The molecule has 160 valence electrons. The zero-order valence-corrected chi connectivity index (χ0v) is 17.6. The number of carbonyl (C=O) groups is 2. The predicted molar refractivity (Wildman–Crippen MR) is 121 cm³/mol. The van der Waals surface area contributed by atoms with Gasteiger partial charge in [0.05, 0.1) is 22.9 Å². The number of rotatable bonds is 7. The molecule has 8 heteroatoms. The van der Waals surface area contributed by atoms with Crippen molar-refractivity contribution in [3.8, 4) is 6.07 Å². The van der Waals surface area contributed by atoms with Gasteiger partial charge in [-0.1, -0.05) is 18.2 Å². The van der Waals surface area contributed by atoms with Crippen molar-refractivity contribution < 1.29 is 14.3 Å². The minimum Gasteiger partial charge on any atom is -0.452 e. The summed E-state index contributed by atoms with van der Waals surface area (Å²) in [6.45, 7) is -0.479. The molecular weight excluding hydrogens is 406 g/mol. The van der Waals surface area contributed by atoms with E-state index in [0.29, 0.717) is 22.6 Å². The lowest BCUT2D eigenvalue weighted by Crippen LogP contribution is -2.21. The van der Waals surface area contributed by atoms with Gasteiger partial charge in [-0.05, 0) is 54.6 Å². The third-order valence-electron chi connectivity index (χ3n) is 4.37. The van der Waals surface area contributed by atoms with Gasteiger partial charge in [0.15, 0.2) is 6.61 Å². The van der Waals surface area contributed by atoms with Gasteiger partial charge in [0.25, 0.3) is 5.91 Å². The Morgan fingerprint density at radius 1 is 1.00 bits per heavy atom. The molecule has 0 aliphatic heterocycles. The van der Waals surface area contributed by atoms with E-state index in [1.165, 1.54) is 6.07 Å². The topological polar surface area (TPSA) is 107 Å². The smallest absolute Gasteiger partial charge is 0.340 e. The highest BCUT2D eigenvalue weighted by atomic mass is 16.5. The lowest BCUT2D eigenvalue weighted by molar-refractivity contribution is -0.119. The normalized spacial score (nSPS) is 10.4. The van der Waals surface area contributed by atoms with E-state index in [4.69, 9.17) is 10.00 Å². The predicted octanol–water partition coefficient (Wildman–Crippen LogP) is 4.84. The van der Waals surface area contributed by atoms with Crippen LogP contribution in [0.15, 0.2) is 83.0 Å². The minimum atomic E-state index is -0.691. The second kappa shape index (κ2) is 10.5. The molecule has 3 aromatic carbocycles. The highest BCUT2D eigenvalue weighted by Gasteiger charge is 2.14. The number of hydrogen-bond donors (Lipinski definition) is 1. The molecule has 3 rings (SSSR count). The average Bonchev–Trinajstić information content (AvgIpc) is 2.81. The number of amides is 1. The first-order valence-corrected chi connectivity index (χ1v) is 9.71. The molecule has 0 unspecified atom stereocenters. The van der Waals surface area contributed by atoms with Crippen LogP contribution in [0.25, 0.3) is 0 Å². The summed E-state index contributed by atoms with van der Waals surface area (Å²) in [6, 6.07) is 22.5. The fourth-order valence-electron chi connectivity index (χ4n) is 2.73. The lowest BCUT2D eigenvalue weighted by atomic mass is 10.2. The molecule has 3 aromatic rings. The summed E-state index contributed by atoms with van der Waals surface area (Å²) in [5, 5.41) is 19.9. The van der Waals surface area contributed by atoms with Crippen molar-refractivity contribution in [2.45, 2.75) is 0 Å². The van der Waals surface area contributed by atoms with Gasteiger partial charge >= 0.3 is 5.97 Å². The van der Waals surface area contributed by atoms with Crippen LogP contribution in [0.5, 0.6) is 0 Å². The standard InChI is InChI=1S/C24H21N5O3/c1-29(2)20-12-10-18(11-13-20)27-28-22-9-4-3-8-21(22)24(31)32-16-23(30)26-19-7-5-6-17(14-19)15-25/h3-14H,16H2,1-2H3,(H,26,30). The number of carbonyl (C=O) groups excluding carboxylic acids is 2. The summed E-state index contributed by atoms with van der Waals surface area (Å²) in [4.78, 5) is 26.6. The van der Waals surface area contributed by atoms with E-state index in [9.17, 15) is 9.59 Å². The molecule has 32 heavy (non-hydrogen) atoms. The Morgan fingerprint density at radius 3 is 2.47 bits per heavy atom. The fraction of sp³-hybridized carbons (Fsp3) is 0.125. The van der Waals surface area contributed by atoms with Gasteiger partial charge in [0.2, 0.25) is 0 Å². The van der Waals surface area contributed by atoms with Crippen molar-refractivity contribution >= 4 is 34.6 Å². The SMILES string of the molecule is CN(C)c1ccc(N=Nc2ccccc2C(=O)OCC(=O)Nc2cccc(C#N)c2)cc1. The van der Waals surface area contributed by atoms with E-state index in [-0.39, 0.29) is 5.56 Å². The van der Waals surface area contributed by atoms with Crippen molar-refractivity contribution in [2.75, 3.05) is 30.9 Å². The number of ether oxygens (including phenoxy) is 1. The molecule has 0 aliphatic carbocycles. The van der Waals surface area contributed by atoms with Crippen LogP contribution in [-0.4, -0.2) is 32.6 Å². The number of nitriles is 1. The highest BCUT2D eigenvalue weighted by Crippen LogP contribution is 2.24. The lowest BCUT2D eigenvalue weighted by Gasteiger charge is -2.11. The molecule has 0 bridgehead atoms. The Labute approximate surface area is 185 Å². The molecule has 0 fully saturated rings. The summed E-state index contributed by atoms with van der Waals surface area (Å²) in [7, 11) is 3.89. The van der Waals surface area contributed by atoms with Crippen LogP contribution < -0.4 is 10.2 Å². The largest absolute Gasteiger partial charge is 0.452 e. The van der Waals surface area contributed by atoms with Crippen molar-refractivity contribution in [1.29, 1.82) is 5.26 Å². The Bertz CT molecular complexity index is 1180. The number of hydrogen-bond acceptors (Lipinski definition) is 7. The summed E-state index contributed by atoms with van der Waals surface area (Å²) < 4.78 is 5.13. The molecule has 0 saturated heterocycles. The molecular formula is C24H21N5O3. The van der Waals surface area contributed by atoms with Gasteiger partial charge < -0.3 is 15.0 Å². The van der Waals surface area contributed by atoms with Crippen molar-refractivity contribution in [1.82, 2.24) is 0 Å². The van der Waals surface area contributed by atoms with Crippen molar-refractivity contribution in [2.24, 2.45) is 10.2 Å². The monoisotopic (exact) mass is 427 g/mol. The van der Waals surface area contributed by atoms with Crippen LogP contribution in [0.2, 0.25) is 0 Å². The second-order valence-corrected chi connectivity index (χ2v) is 6.94. The van der Waals surface area contributed by atoms with Gasteiger partial charge in [0.1, 0.15) is 5.69 Å². The van der Waals surface area contributed by atoms with Gasteiger partial charge in [-0.25, -0.2) is 4.79 Å². The van der Waals surface area contributed by atoms with Crippen LogP contribution in [0.3, 0.4) is 0 Å². The maximum atomic E-state index is 12.5. The Morgan fingerprint density at radius 2 is 1.75 bits per heavy atom. The molecule has 0 saturated carbocycles. The first kappa shape index (κ1) is 22.2. The molecule has 0 atom stereocenters. The third kappa shape index (κ3) is 6.00.